The molecule has 3 heterocycles. The lowest BCUT2D eigenvalue weighted by Crippen LogP contribution is -2.43. The van der Waals surface area contributed by atoms with Crippen LogP contribution in [0.25, 0.3) is 10.9 Å². The van der Waals surface area contributed by atoms with Gasteiger partial charge in [-0.15, -0.1) is 12.4 Å². The third-order valence-electron chi connectivity index (χ3n) is 5.14. The van der Waals surface area contributed by atoms with Crippen LogP contribution in [0.3, 0.4) is 0 Å². The van der Waals surface area contributed by atoms with Gasteiger partial charge in [0.15, 0.2) is 0 Å². The number of piperidine rings is 1. The molecule has 0 amide bonds. The molecule has 1 aromatic carbocycles. The van der Waals surface area contributed by atoms with E-state index in [1.54, 1.807) is 6.20 Å². The first-order valence-electron chi connectivity index (χ1n) is 7.71. The van der Waals surface area contributed by atoms with Crippen LogP contribution in [0.15, 0.2) is 30.5 Å². The molecular formula is C17H21ClN2O2. The van der Waals surface area contributed by atoms with Crippen LogP contribution in [0.4, 0.5) is 0 Å². The first-order chi connectivity index (χ1) is 10.2. The quantitative estimate of drug-likeness (QED) is 0.863. The van der Waals surface area contributed by atoms with Crippen LogP contribution < -0.4 is 0 Å². The lowest BCUT2D eigenvalue weighted by molar-refractivity contribution is -0.000258. The molecule has 4 rings (SSSR count). The Morgan fingerprint density at radius 3 is 2.64 bits per heavy atom. The van der Waals surface area contributed by atoms with E-state index in [2.05, 4.69) is 16.9 Å². The molecule has 4 nitrogen and oxygen atoms in total. The molecule has 0 saturated carbocycles. The number of nitrogens with zero attached hydrogens (tertiary/aromatic N) is 1. The molecule has 2 unspecified atom stereocenters. The number of ether oxygens (including phenoxy) is 1. The van der Waals surface area contributed by atoms with Gasteiger partial charge in [-0.1, -0.05) is 18.2 Å². The monoisotopic (exact) mass is 320 g/mol. The van der Waals surface area contributed by atoms with Gasteiger partial charge in [-0.2, -0.15) is 0 Å². The maximum atomic E-state index is 12.4. The minimum atomic E-state index is -0.193. The van der Waals surface area contributed by atoms with Crippen molar-refractivity contribution in [3.05, 3.63) is 36.0 Å². The van der Waals surface area contributed by atoms with Gasteiger partial charge >= 0.3 is 5.97 Å². The molecule has 118 valence electrons. The van der Waals surface area contributed by atoms with Crippen molar-refractivity contribution in [1.82, 2.24) is 9.88 Å². The molecule has 2 bridgehead atoms. The van der Waals surface area contributed by atoms with Gasteiger partial charge in [0.2, 0.25) is 0 Å². The highest BCUT2D eigenvalue weighted by molar-refractivity contribution is 6.04. The van der Waals surface area contributed by atoms with E-state index >= 15 is 0 Å². The van der Waals surface area contributed by atoms with Crippen molar-refractivity contribution in [2.24, 2.45) is 0 Å². The molecule has 2 saturated heterocycles. The van der Waals surface area contributed by atoms with Crippen molar-refractivity contribution in [1.29, 1.82) is 0 Å². The van der Waals surface area contributed by atoms with Crippen LogP contribution >= 0.6 is 12.4 Å². The summed E-state index contributed by atoms with van der Waals surface area (Å²) in [6, 6.07) is 9.02. The van der Waals surface area contributed by atoms with Crippen LogP contribution in [-0.2, 0) is 4.74 Å². The van der Waals surface area contributed by atoms with Crippen molar-refractivity contribution >= 4 is 29.3 Å². The second-order valence-electron chi connectivity index (χ2n) is 6.30. The topological polar surface area (TPSA) is 45.3 Å². The van der Waals surface area contributed by atoms with Gasteiger partial charge < -0.3 is 14.6 Å². The minimum Gasteiger partial charge on any atom is -0.459 e. The Bertz CT molecular complexity index is 670. The first kappa shape index (κ1) is 15.4. The summed E-state index contributed by atoms with van der Waals surface area (Å²) in [7, 11) is 2.19. The lowest BCUT2D eigenvalue weighted by atomic mass is 10.0. The minimum absolute atomic E-state index is 0. The third kappa shape index (κ3) is 2.50. The van der Waals surface area contributed by atoms with Gasteiger partial charge in [0.1, 0.15) is 6.10 Å². The zero-order valence-electron chi connectivity index (χ0n) is 12.6. The molecule has 2 aliphatic rings. The molecule has 2 aliphatic heterocycles. The number of H-pyrrole nitrogens is 1. The molecule has 22 heavy (non-hydrogen) atoms. The predicted molar refractivity (Wildman–Crippen MR) is 88.6 cm³/mol. The van der Waals surface area contributed by atoms with E-state index in [0.717, 1.165) is 23.7 Å². The summed E-state index contributed by atoms with van der Waals surface area (Å²) < 4.78 is 5.79. The fraction of sp³-hybridized carbons (Fsp3) is 0.471. The van der Waals surface area contributed by atoms with Crippen molar-refractivity contribution in [3.63, 3.8) is 0 Å². The molecule has 0 aliphatic carbocycles. The van der Waals surface area contributed by atoms with Gasteiger partial charge in [-0.3, -0.25) is 0 Å². The van der Waals surface area contributed by atoms with Crippen LogP contribution in [0.5, 0.6) is 0 Å². The number of halogens is 1. The summed E-state index contributed by atoms with van der Waals surface area (Å²) >= 11 is 0. The largest absolute Gasteiger partial charge is 0.459 e. The molecular weight excluding hydrogens is 300 g/mol. The highest BCUT2D eigenvalue weighted by Gasteiger charge is 2.40. The fourth-order valence-electron chi connectivity index (χ4n) is 3.91. The smallest absolute Gasteiger partial charge is 0.340 e. The number of nitrogens with one attached hydrogen (secondary N) is 1. The van der Waals surface area contributed by atoms with E-state index in [-0.39, 0.29) is 24.5 Å². The molecule has 2 aromatic rings. The highest BCUT2D eigenvalue weighted by atomic mass is 35.5. The normalized spacial score (nSPS) is 27.6. The highest BCUT2D eigenvalue weighted by Crippen LogP contribution is 2.35. The average Bonchev–Trinajstić information content (AvgIpc) is 2.98. The molecule has 0 radical (unpaired) electrons. The maximum absolute atomic E-state index is 12.4. The molecule has 0 spiro atoms. The number of fused-ring (bicyclic) bond motifs is 3. The zero-order chi connectivity index (χ0) is 14.4. The van der Waals surface area contributed by atoms with Crippen LogP contribution in [0.1, 0.15) is 36.0 Å². The third-order valence-corrected chi connectivity index (χ3v) is 5.14. The Hall–Kier alpha value is -1.52. The Balaban J connectivity index is 0.00000144. The average molecular weight is 321 g/mol. The molecule has 5 heteroatoms. The van der Waals surface area contributed by atoms with Gasteiger partial charge in [0.25, 0.3) is 0 Å². The summed E-state index contributed by atoms with van der Waals surface area (Å²) in [6.45, 7) is 0. The number of carbonyl (C=O) groups is 1. The van der Waals surface area contributed by atoms with E-state index in [9.17, 15) is 4.79 Å². The molecule has 1 aromatic heterocycles. The summed E-state index contributed by atoms with van der Waals surface area (Å²) in [5.74, 6) is -0.193. The van der Waals surface area contributed by atoms with Crippen molar-refractivity contribution in [2.75, 3.05) is 7.05 Å². The van der Waals surface area contributed by atoms with Gasteiger partial charge in [-0.25, -0.2) is 4.79 Å². The van der Waals surface area contributed by atoms with E-state index in [1.165, 1.54) is 12.8 Å². The summed E-state index contributed by atoms with van der Waals surface area (Å²) in [4.78, 5) is 18.0. The van der Waals surface area contributed by atoms with Crippen LogP contribution in [-0.4, -0.2) is 41.1 Å². The summed E-state index contributed by atoms with van der Waals surface area (Å²) in [5, 5.41) is 0.943. The Morgan fingerprint density at radius 2 is 1.91 bits per heavy atom. The number of hydrogen-bond donors (Lipinski definition) is 1. The standard InChI is InChI=1S/C17H20N2O2.ClH/c1-19-11-6-7-12(19)9-13(8-11)21-17(20)15-10-18-16-5-3-2-4-14(15)16;/h2-5,10-13,18H,6-9H2,1H3;1H. The first-order valence-corrected chi connectivity index (χ1v) is 7.71. The fourth-order valence-corrected chi connectivity index (χ4v) is 3.91. The SMILES string of the molecule is CN1C2CCC1CC(OC(=O)c1c[nH]c3ccccc13)C2.Cl. The zero-order valence-corrected chi connectivity index (χ0v) is 13.4. The van der Waals surface area contributed by atoms with Gasteiger partial charge in [0.05, 0.1) is 5.56 Å². The Labute approximate surface area is 136 Å². The lowest BCUT2D eigenvalue weighted by Gasteiger charge is -2.35. The molecule has 2 atom stereocenters. The number of esters is 1. The van der Waals surface area contributed by atoms with Crippen molar-refractivity contribution in [2.45, 2.75) is 43.9 Å². The number of para-hydroxylation sites is 1. The molecule has 2 fully saturated rings. The number of aromatic nitrogens is 1. The van der Waals surface area contributed by atoms with Gasteiger partial charge in [0, 0.05) is 42.0 Å². The number of benzene rings is 1. The Kier molecular flexibility index (Phi) is 4.15. The number of hydrogen-bond acceptors (Lipinski definition) is 3. The number of carbonyl (C=O) groups excluding carboxylic acids is 1. The van der Waals surface area contributed by atoms with Crippen molar-refractivity contribution < 1.29 is 9.53 Å². The Morgan fingerprint density at radius 1 is 1.23 bits per heavy atom. The van der Waals surface area contributed by atoms with Crippen molar-refractivity contribution in [3.8, 4) is 0 Å². The number of aromatic amines is 1. The van der Waals surface area contributed by atoms with Crippen LogP contribution in [0, 0.1) is 0 Å². The molecule has 1 N–H and O–H groups in total. The van der Waals surface area contributed by atoms with E-state index in [1.807, 2.05) is 24.3 Å². The van der Waals surface area contributed by atoms with E-state index in [4.69, 9.17) is 4.74 Å². The van der Waals surface area contributed by atoms with Crippen LogP contribution in [0.2, 0.25) is 0 Å². The number of rotatable bonds is 2. The maximum Gasteiger partial charge on any atom is 0.340 e. The predicted octanol–water partition coefficient (Wildman–Crippen LogP) is 3.37. The van der Waals surface area contributed by atoms with E-state index < -0.39 is 0 Å². The summed E-state index contributed by atoms with van der Waals surface area (Å²) in [6.07, 6.45) is 6.25. The van der Waals surface area contributed by atoms with E-state index in [0.29, 0.717) is 17.6 Å². The van der Waals surface area contributed by atoms with Gasteiger partial charge in [-0.05, 0) is 26.0 Å². The second kappa shape index (κ2) is 5.94. The summed E-state index contributed by atoms with van der Waals surface area (Å²) in [5.41, 5.74) is 1.63. The second-order valence-corrected chi connectivity index (χ2v) is 6.30.